The Morgan fingerprint density at radius 1 is 0.538 bits per heavy atom. The summed E-state index contributed by atoms with van der Waals surface area (Å²) in [7, 11) is 0. The SMILES string of the molecule is Cc1ccc(OCC(=O)Nc2ccc(Cc3ccc(NC(=O)COc4ccc(C)c(C)c4)cc3)cc2)cc1C. The Labute approximate surface area is 230 Å². The number of rotatable bonds is 10. The predicted octanol–water partition coefficient (Wildman–Crippen LogP) is 6.55. The molecule has 0 saturated carbocycles. The van der Waals surface area contributed by atoms with Crippen molar-refractivity contribution in [1.82, 2.24) is 0 Å². The molecule has 6 heteroatoms. The molecule has 0 heterocycles. The molecule has 200 valence electrons. The Kier molecular flexibility index (Phi) is 9.00. The first kappa shape index (κ1) is 27.5. The van der Waals surface area contributed by atoms with Crippen LogP contribution in [0.1, 0.15) is 33.4 Å². The topological polar surface area (TPSA) is 76.7 Å². The summed E-state index contributed by atoms with van der Waals surface area (Å²) in [5.74, 6) is 0.940. The van der Waals surface area contributed by atoms with E-state index in [1.54, 1.807) is 0 Å². The molecule has 4 rings (SSSR count). The van der Waals surface area contributed by atoms with Crippen molar-refractivity contribution in [2.24, 2.45) is 0 Å². The van der Waals surface area contributed by atoms with Gasteiger partial charge in [-0.3, -0.25) is 9.59 Å². The van der Waals surface area contributed by atoms with Crippen molar-refractivity contribution in [3.63, 3.8) is 0 Å². The molecule has 0 saturated heterocycles. The van der Waals surface area contributed by atoms with Crippen LogP contribution in [-0.4, -0.2) is 25.0 Å². The highest BCUT2D eigenvalue weighted by atomic mass is 16.5. The zero-order valence-corrected chi connectivity index (χ0v) is 22.8. The molecule has 4 aromatic rings. The van der Waals surface area contributed by atoms with Crippen molar-refractivity contribution in [3.05, 3.63) is 118 Å². The number of carbonyl (C=O) groups excluding carboxylic acids is 2. The summed E-state index contributed by atoms with van der Waals surface area (Å²) < 4.78 is 11.2. The van der Waals surface area contributed by atoms with Crippen molar-refractivity contribution in [2.75, 3.05) is 23.8 Å². The minimum Gasteiger partial charge on any atom is -0.484 e. The fourth-order valence-corrected chi connectivity index (χ4v) is 3.95. The highest BCUT2D eigenvalue weighted by molar-refractivity contribution is 5.92. The van der Waals surface area contributed by atoms with Crippen LogP contribution in [0.25, 0.3) is 0 Å². The van der Waals surface area contributed by atoms with Gasteiger partial charge >= 0.3 is 0 Å². The van der Waals surface area contributed by atoms with Crippen LogP contribution in [0.5, 0.6) is 11.5 Å². The van der Waals surface area contributed by atoms with Gasteiger partial charge in [0, 0.05) is 11.4 Å². The van der Waals surface area contributed by atoms with Crippen molar-refractivity contribution in [3.8, 4) is 11.5 Å². The molecular weight excluding hydrogens is 488 g/mol. The first-order valence-electron chi connectivity index (χ1n) is 12.9. The third-order valence-corrected chi connectivity index (χ3v) is 6.58. The molecule has 0 aliphatic carbocycles. The highest BCUT2D eigenvalue weighted by Crippen LogP contribution is 2.19. The first-order valence-corrected chi connectivity index (χ1v) is 12.9. The van der Waals surface area contributed by atoms with E-state index >= 15 is 0 Å². The maximum atomic E-state index is 12.3. The van der Waals surface area contributed by atoms with Gasteiger partial charge in [0.1, 0.15) is 11.5 Å². The molecule has 39 heavy (non-hydrogen) atoms. The van der Waals surface area contributed by atoms with Gasteiger partial charge < -0.3 is 20.1 Å². The molecule has 2 N–H and O–H groups in total. The van der Waals surface area contributed by atoms with Crippen molar-refractivity contribution in [1.29, 1.82) is 0 Å². The average molecular weight is 523 g/mol. The van der Waals surface area contributed by atoms with Crippen LogP contribution in [0.2, 0.25) is 0 Å². The molecule has 0 aromatic heterocycles. The normalized spacial score (nSPS) is 10.6. The van der Waals surface area contributed by atoms with Gasteiger partial charge in [0.15, 0.2) is 13.2 Å². The molecule has 0 bridgehead atoms. The number of carbonyl (C=O) groups is 2. The molecule has 0 fully saturated rings. The number of hydrogen-bond acceptors (Lipinski definition) is 4. The summed E-state index contributed by atoms with van der Waals surface area (Å²) >= 11 is 0. The lowest BCUT2D eigenvalue weighted by atomic mass is 10.0. The molecule has 0 unspecified atom stereocenters. The van der Waals surface area contributed by atoms with E-state index in [-0.39, 0.29) is 25.0 Å². The van der Waals surface area contributed by atoms with Crippen molar-refractivity contribution < 1.29 is 19.1 Å². The van der Waals surface area contributed by atoms with E-state index in [2.05, 4.69) is 10.6 Å². The van der Waals surface area contributed by atoms with Crippen LogP contribution in [-0.2, 0) is 16.0 Å². The number of anilines is 2. The molecule has 0 atom stereocenters. The summed E-state index contributed by atoms with van der Waals surface area (Å²) in [6, 6.07) is 27.0. The second-order valence-electron chi connectivity index (χ2n) is 9.74. The standard InChI is InChI=1S/C33H34N2O4/c1-22-5-15-30(17-24(22)3)38-20-32(36)34-28-11-7-26(8-12-28)19-27-9-13-29(14-10-27)35-33(37)21-39-31-16-6-23(2)25(4)18-31/h5-18H,19-21H2,1-4H3,(H,34,36)(H,35,37). The molecule has 6 nitrogen and oxygen atoms in total. The number of amides is 2. The zero-order valence-electron chi connectivity index (χ0n) is 22.8. The zero-order chi connectivity index (χ0) is 27.8. The molecule has 4 aromatic carbocycles. The van der Waals surface area contributed by atoms with Gasteiger partial charge in [-0.1, -0.05) is 36.4 Å². The molecule has 0 spiro atoms. The van der Waals surface area contributed by atoms with Gasteiger partial charge in [-0.25, -0.2) is 0 Å². The van der Waals surface area contributed by atoms with Crippen LogP contribution in [0, 0.1) is 27.7 Å². The van der Waals surface area contributed by atoms with E-state index in [1.807, 2.05) is 113 Å². The van der Waals surface area contributed by atoms with Crippen LogP contribution >= 0.6 is 0 Å². The molecule has 0 aliphatic rings. The number of hydrogen-bond donors (Lipinski definition) is 2. The number of benzene rings is 4. The summed E-state index contributed by atoms with van der Waals surface area (Å²) in [4.78, 5) is 24.6. The van der Waals surface area contributed by atoms with Gasteiger partial charge in [0.05, 0.1) is 0 Å². The Hall–Kier alpha value is -4.58. The minimum atomic E-state index is -0.210. The Bertz CT molecular complexity index is 1330. The first-order chi connectivity index (χ1) is 18.7. The Balaban J connectivity index is 1.21. The third kappa shape index (κ3) is 8.20. The quantitative estimate of drug-likeness (QED) is 0.248. The molecular formula is C33H34N2O4. The van der Waals surface area contributed by atoms with E-state index in [0.29, 0.717) is 22.9 Å². The maximum Gasteiger partial charge on any atom is 0.262 e. The minimum absolute atomic E-state index is 0.0507. The van der Waals surface area contributed by atoms with E-state index in [4.69, 9.17) is 9.47 Å². The van der Waals surface area contributed by atoms with E-state index in [9.17, 15) is 9.59 Å². The summed E-state index contributed by atoms with van der Waals surface area (Å²) in [5.41, 5.74) is 8.27. The van der Waals surface area contributed by atoms with Crippen LogP contribution < -0.4 is 20.1 Å². The lowest BCUT2D eigenvalue weighted by Crippen LogP contribution is -2.20. The van der Waals surface area contributed by atoms with Gasteiger partial charge in [0.2, 0.25) is 0 Å². The number of aryl methyl sites for hydroxylation is 4. The van der Waals surface area contributed by atoms with E-state index < -0.39 is 0 Å². The molecule has 0 radical (unpaired) electrons. The van der Waals surface area contributed by atoms with Crippen molar-refractivity contribution >= 4 is 23.2 Å². The lowest BCUT2D eigenvalue weighted by molar-refractivity contribution is -0.118. The number of ether oxygens (including phenoxy) is 2. The second kappa shape index (κ2) is 12.8. The van der Waals surface area contributed by atoms with Crippen LogP contribution in [0.3, 0.4) is 0 Å². The fourth-order valence-electron chi connectivity index (χ4n) is 3.95. The maximum absolute atomic E-state index is 12.3. The highest BCUT2D eigenvalue weighted by Gasteiger charge is 2.07. The van der Waals surface area contributed by atoms with Gasteiger partial charge in [-0.15, -0.1) is 0 Å². The summed E-state index contributed by atoms with van der Waals surface area (Å²) in [6.45, 7) is 8.00. The monoisotopic (exact) mass is 522 g/mol. The summed E-state index contributed by atoms with van der Waals surface area (Å²) in [5, 5.41) is 5.73. The smallest absolute Gasteiger partial charge is 0.262 e. The van der Waals surface area contributed by atoms with E-state index in [1.165, 1.54) is 11.1 Å². The Morgan fingerprint density at radius 2 is 0.923 bits per heavy atom. The Morgan fingerprint density at radius 3 is 1.28 bits per heavy atom. The van der Waals surface area contributed by atoms with Crippen LogP contribution in [0.4, 0.5) is 11.4 Å². The fraction of sp³-hybridized carbons (Fsp3) is 0.212. The third-order valence-electron chi connectivity index (χ3n) is 6.58. The molecule has 0 aliphatic heterocycles. The second-order valence-corrected chi connectivity index (χ2v) is 9.74. The average Bonchev–Trinajstić information content (AvgIpc) is 2.92. The molecule has 2 amide bonds. The largest absolute Gasteiger partial charge is 0.484 e. The van der Waals surface area contributed by atoms with Crippen LogP contribution in [0.15, 0.2) is 84.9 Å². The van der Waals surface area contributed by atoms with Gasteiger partial charge in [-0.2, -0.15) is 0 Å². The summed E-state index contributed by atoms with van der Waals surface area (Å²) in [6.07, 6.45) is 0.730. The predicted molar refractivity (Wildman–Crippen MR) is 156 cm³/mol. The van der Waals surface area contributed by atoms with Gasteiger partial charge in [-0.05, 0) is 116 Å². The van der Waals surface area contributed by atoms with Crippen molar-refractivity contribution in [2.45, 2.75) is 34.1 Å². The van der Waals surface area contributed by atoms with E-state index in [0.717, 1.165) is 28.7 Å². The number of nitrogens with one attached hydrogen (secondary N) is 2. The van der Waals surface area contributed by atoms with Gasteiger partial charge in [0.25, 0.3) is 11.8 Å². The lowest BCUT2D eigenvalue weighted by Gasteiger charge is -2.10.